The number of hydrogen-bond donors (Lipinski definition) is 1. The largest absolute Gasteiger partial charge is 0.480 e. The van der Waals surface area contributed by atoms with Crippen molar-refractivity contribution >= 4 is 18.0 Å². The summed E-state index contributed by atoms with van der Waals surface area (Å²) in [7, 11) is 0. The van der Waals surface area contributed by atoms with Crippen molar-refractivity contribution in [3.8, 4) is 0 Å². The quantitative estimate of drug-likeness (QED) is 0.843. The minimum Gasteiger partial charge on any atom is -0.480 e. The first-order valence-corrected chi connectivity index (χ1v) is 6.13. The van der Waals surface area contributed by atoms with E-state index in [1.807, 2.05) is 0 Å². The number of nitrogens with zero attached hydrogens (tertiary/aromatic N) is 1. The number of rotatable bonds is 3. The molecule has 0 aliphatic carbocycles. The van der Waals surface area contributed by atoms with E-state index in [1.54, 1.807) is 6.07 Å². The van der Waals surface area contributed by atoms with E-state index in [9.17, 15) is 14.0 Å². The van der Waals surface area contributed by atoms with E-state index in [0.717, 1.165) is 0 Å². The average Bonchev–Trinajstić information content (AvgIpc) is 2.45. The van der Waals surface area contributed by atoms with Gasteiger partial charge in [0.2, 0.25) is 5.91 Å². The van der Waals surface area contributed by atoms with E-state index >= 15 is 0 Å². The molecular weight excluding hydrogens is 265 g/mol. The molecule has 1 saturated heterocycles. The summed E-state index contributed by atoms with van der Waals surface area (Å²) in [5.41, 5.74) is 0.540. The summed E-state index contributed by atoms with van der Waals surface area (Å²) in [6, 6.07) is 4.81. The van der Waals surface area contributed by atoms with Gasteiger partial charge in [0.05, 0.1) is 13.2 Å². The number of ether oxygens (including phenoxy) is 1. The Morgan fingerprint density at radius 3 is 2.95 bits per heavy atom. The van der Waals surface area contributed by atoms with Gasteiger partial charge in [0.25, 0.3) is 0 Å². The Balaban J connectivity index is 2.08. The van der Waals surface area contributed by atoms with Crippen LogP contribution in [-0.4, -0.2) is 47.7 Å². The summed E-state index contributed by atoms with van der Waals surface area (Å²) in [5, 5.41) is 9.03. The number of carboxylic acids is 1. The molecule has 1 aliphatic rings. The zero-order valence-corrected chi connectivity index (χ0v) is 10.7. The average molecular weight is 279 g/mol. The summed E-state index contributed by atoms with van der Waals surface area (Å²) in [6.45, 7) is 0.515. The molecule has 1 heterocycles. The fraction of sp³-hybridized carbons (Fsp3) is 0.286. The molecule has 1 aliphatic heterocycles. The molecule has 1 fully saturated rings. The minimum absolute atomic E-state index is 0.0190. The molecule has 6 heteroatoms. The summed E-state index contributed by atoms with van der Waals surface area (Å²) in [4.78, 5) is 24.3. The summed E-state index contributed by atoms with van der Waals surface area (Å²) in [6.07, 6.45) is 2.70. The monoisotopic (exact) mass is 279 g/mol. The Morgan fingerprint density at radius 2 is 2.25 bits per heavy atom. The van der Waals surface area contributed by atoms with Crippen LogP contribution in [0.25, 0.3) is 6.08 Å². The van der Waals surface area contributed by atoms with E-state index in [-0.39, 0.29) is 13.2 Å². The van der Waals surface area contributed by atoms with Crippen LogP contribution in [0.2, 0.25) is 0 Å². The molecule has 20 heavy (non-hydrogen) atoms. The minimum atomic E-state index is -1.10. The fourth-order valence-corrected chi connectivity index (χ4v) is 1.95. The normalized spacial score (nSPS) is 19.2. The van der Waals surface area contributed by atoms with E-state index in [0.29, 0.717) is 12.2 Å². The lowest BCUT2D eigenvalue weighted by Crippen LogP contribution is -2.52. The number of benzene rings is 1. The van der Waals surface area contributed by atoms with Crippen LogP contribution in [0.1, 0.15) is 5.56 Å². The first kappa shape index (κ1) is 14.2. The predicted octanol–water partition coefficient (Wildman–Crippen LogP) is 1.15. The van der Waals surface area contributed by atoms with Gasteiger partial charge < -0.3 is 14.7 Å². The molecule has 1 aromatic carbocycles. The van der Waals surface area contributed by atoms with E-state index in [4.69, 9.17) is 9.84 Å². The first-order valence-electron chi connectivity index (χ1n) is 6.13. The molecule has 1 amide bonds. The standard InChI is InChI=1S/C14H14FNO4/c15-11-3-1-2-10(8-11)4-5-13(17)16-6-7-20-9-12(16)14(18)19/h1-5,8,12H,6-7,9H2,(H,18,19). The highest BCUT2D eigenvalue weighted by Crippen LogP contribution is 2.10. The van der Waals surface area contributed by atoms with Crippen molar-refractivity contribution in [1.82, 2.24) is 4.90 Å². The van der Waals surface area contributed by atoms with E-state index < -0.39 is 23.7 Å². The number of amides is 1. The van der Waals surface area contributed by atoms with Gasteiger partial charge in [-0.2, -0.15) is 0 Å². The highest BCUT2D eigenvalue weighted by atomic mass is 19.1. The van der Waals surface area contributed by atoms with Crippen molar-refractivity contribution in [2.45, 2.75) is 6.04 Å². The van der Waals surface area contributed by atoms with Gasteiger partial charge in [0.15, 0.2) is 6.04 Å². The molecule has 1 atom stereocenters. The molecule has 5 nitrogen and oxygen atoms in total. The van der Waals surface area contributed by atoms with Gasteiger partial charge in [-0.3, -0.25) is 4.79 Å². The van der Waals surface area contributed by atoms with Crippen LogP contribution in [0.4, 0.5) is 4.39 Å². The molecule has 1 aromatic rings. The fourth-order valence-electron chi connectivity index (χ4n) is 1.95. The number of carbonyl (C=O) groups is 2. The lowest BCUT2D eigenvalue weighted by molar-refractivity contribution is -0.156. The van der Waals surface area contributed by atoms with Crippen LogP contribution < -0.4 is 0 Å². The molecule has 1 unspecified atom stereocenters. The van der Waals surface area contributed by atoms with Crippen LogP contribution in [0.5, 0.6) is 0 Å². The van der Waals surface area contributed by atoms with Crippen molar-refractivity contribution in [1.29, 1.82) is 0 Å². The van der Waals surface area contributed by atoms with Crippen molar-refractivity contribution in [3.05, 3.63) is 41.7 Å². The smallest absolute Gasteiger partial charge is 0.328 e. The SMILES string of the molecule is O=C(O)C1COCCN1C(=O)C=Cc1cccc(F)c1. The Labute approximate surface area is 115 Å². The molecule has 0 bridgehead atoms. The van der Waals surface area contributed by atoms with E-state index in [1.165, 1.54) is 35.3 Å². The third-order valence-corrected chi connectivity index (χ3v) is 2.96. The Kier molecular flexibility index (Phi) is 4.47. The van der Waals surface area contributed by atoms with Gasteiger partial charge in [0.1, 0.15) is 5.82 Å². The van der Waals surface area contributed by atoms with Crippen molar-refractivity contribution in [3.63, 3.8) is 0 Å². The Bertz CT molecular complexity index is 544. The molecule has 0 spiro atoms. The number of halogens is 1. The molecular formula is C14H14FNO4. The number of morpholine rings is 1. The van der Waals surface area contributed by atoms with E-state index in [2.05, 4.69) is 0 Å². The van der Waals surface area contributed by atoms with Gasteiger partial charge in [-0.25, -0.2) is 9.18 Å². The summed E-state index contributed by atoms with van der Waals surface area (Å²) in [5.74, 6) is -1.92. The van der Waals surface area contributed by atoms with Crippen LogP contribution in [0, 0.1) is 5.82 Å². The van der Waals surface area contributed by atoms with Gasteiger partial charge in [0, 0.05) is 12.6 Å². The zero-order chi connectivity index (χ0) is 14.5. The topological polar surface area (TPSA) is 66.8 Å². The number of carboxylic acid groups (broad SMARTS) is 1. The molecule has 2 rings (SSSR count). The number of aliphatic carboxylic acids is 1. The van der Waals surface area contributed by atoms with Gasteiger partial charge in [-0.15, -0.1) is 0 Å². The van der Waals surface area contributed by atoms with Gasteiger partial charge in [-0.05, 0) is 23.8 Å². The first-order chi connectivity index (χ1) is 9.58. The van der Waals surface area contributed by atoms with Gasteiger partial charge in [-0.1, -0.05) is 12.1 Å². The van der Waals surface area contributed by atoms with Crippen LogP contribution in [0.15, 0.2) is 30.3 Å². The highest BCUT2D eigenvalue weighted by Gasteiger charge is 2.31. The third kappa shape index (κ3) is 3.42. The maximum atomic E-state index is 13.0. The molecule has 0 aromatic heterocycles. The van der Waals surface area contributed by atoms with Crippen LogP contribution >= 0.6 is 0 Å². The summed E-state index contributed by atoms with van der Waals surface area (Å²) >= 11 is 0. The van der Waals surface area contributed by atoms with Crippen molar-refractivity contribution in [2.24, 2.45) is 0 Å². The molecule has 0 saturated carbocycles. The maximum Gasteiger partial charge on any atom is 0.328 e. The highest BCUT2D eigenvalue weighted by molar-refractivity contribution is 5.94. The second-order valence-corrected chi connectivity index (χ2v) is 4.35. The van der Waals surface area contributed by atoms with Crippen LogP contribution in [-0.2, 0) is 14.3 Å². The maximum absolute atomic E-state index is 13.0. The number of hydrogen-bond acceptors (Lipinski definition) is 3. The second kappa shape index (κ2) is 6.29. The third-order valence-electron chi connectivity index (χ3n) is 2.96. The number of carbonyl (C=O) groups excluding carboxylic acids is 1. The zero-order valence-electron chi connectivity index (χ0n) is 10.7. The van der Waals surface area contributed by atoms with Gasteiger partial charge >= 0.3 is 5.97 Å². The lowest BCUT2D eigenvalue weighted by atomic mass is 10.2. The Hall–Kier alpha value is -2.21. The Morgan fingerprint density at radius 1 is 1.45 bits per heavy atom. The summed E-state index contributed by atoms with van der Waals surface area (Å²) < 4.78 is 18.0. The second-order valence-electron chi connectivity index (χ2n) is 4.35. The molecule has 0 radical (unpaired) electrons. The molecule has 106 valence electrons. The van der Waals surface area contributed by atoms with Crippen molar-refractivity contribution in [2.75, 3.05) is 19.8 Å². The predicted molar refractivity (Wildman–Crippen MR) is 69.4 cm³/mol. The lowest BCUT2D eigenvalue weighted by Gasteiger charge is -2.31. The molecule has 1 N–H and O–H groups in total. The van der Waals surface area contributed by atoms with Crippen LogP contribution in [0.3, 0.4) is 0 Å². The van der Waals surface area contributed by atoms with Crippen molar-refractivity contribution < 1.29 is 23.8 Å².